The summed E-state index contributed by atoms with van der Waals surface area (Å²) in [6, 6.07) is 5.64. The van der Waals surface area contributed by atoms with E-state index in [0.29, 0.717) is 5.92 Å². The first-order valence-electron chi connectivity index (χ1n) is 6.27. The molecule has 1 aromatic carbocycles. The van der Waals surface area contributed by atoms with Crippen LogP contribution in [0.3, 0.4) is 0 Å². The zero-order valence-corrected chi connectivity index (χ0v) is 12.5. The molecule has 102 valence electrons. The molecule has 0 aliphatic rings. The van der Waals surface area contributed by atoms with E-state index in [1.54, 1.807) is 7.11 Å². The molecule has 1 unspecified atom stereocenters. The van der Waals surface area contributed by atoms with E-state index in [-0.39, 0.29) is 0 Å². The van der Waals surface area contributed by atoms with Crippen LogP contribution < -0.4 is 5.32 Å². The zero-order valence-electron chi connectivity index (χ0n) is 11.0. The Hall–Kier alpha value is -0.280. The molecule has 0 saturated heterocycles. The van der Waals surface area contributed by atoms with Crippen molar-refractivity contribution in [2.75, 3.05) is 26.8 Å². The molecular formula is C14H21Cl2NO. The molecule has 4 heteroatoms. The van der Waals surface area contributed by atoms with Crippen molar-refractivity contribution >= 4 is 23.2 Å². The van der Waals surface area contributed by atoms with Gasteiger partial charge in [-0.05, 0) is 49.1 Å². The third kappa shape index (κ3) is 6.05. The van der Waals surface area contributed by atoms with Gasteiger partial charge in [-0.3, -0.25) is 0 Å². The highest BCUT2D eigenvalue weighted by molar-refractivity contribution is 6.33. The number of aryl methyl sites for hydroxylation is 1. The Morgan fingerprint density at radius 2 is 2.11 bits per heavy atom. The molecule has 1 N–H and O–H groups in total. The fourth-order valence-electron chi connectivity index (χ4n) is 1.76. The summed E-state index contributed by atoms with van der Waals surface area (Å²) in [5.74, 6) is 0.608. The SMILES string of the molecule is COCCNCC(C)CCc1cc(Cl)ccc1Cl. The molecule has 18 heavy (non-hydrogen) atoms. The first kappa shape index (κ1) is 15.8. The maximum absolute atomic E-state index is 6.13. The first-order chi connectivity index (χ1) is 8.63. The lowest BCUT2D eigenvalue weighted by Crippen LogP contribution is -2.25. The van der Waals surface area contributed by atoms with E-state index >= 15 is 0 Å². The van der Waals surface area contributed by atoms with Crippen LogP contribution in [0.25, 0.3) is 0 Å². The number of ether oxygens (including phenoxy) is 1. The van der Waals surface area contributed by atoms with E-state index in [2.05, 4.69) is 12.2 Å². The van der Waals surface area contributed by atoms with Gasteiger partial charge in [-0.2, -0.15) is 0 Å². The predicted octanol–water partition coefficient (Wildman–Crippen LogP) is 3.80. The van der Waals surface area contributed by atoms with Crippen molar-refractivity contribution in [3.63, 3.8) is 0 Å². The molecule has 0 aliphatic heterocycles. The van der Waals surface area contributed by atoms with E-state index in [4.69, 9.17) is 27.9 Å². The van der Waals surface area contributed by atoms with Crippen molar-refractivity contribution in [1.29, 1.82) is 0 Å². The van der Waals surface area contributed by atoms with Gasteiger partial charge in [0.05, 0.1) is 6.61 Å². The lowest BCUT2D eigenvalue weighted by molar-refractivity contribution is 0.198. The van der Waals surface area contributed by atoms with Gasteiger partial charge in [0, 0.05) is 23.7 Å². The highest BCUT2D eigenvalue weighted by Crippen LogP contribution is 2.22. The Labute approximate surface area is 120 Å². The molecule has 0 aliphatic carbocycles. The van der Waals surface area contributed by atoms with Crippen molar-refractivity contribution in [2.24, 2.45) is 5.92 Å². The summed E-state index contributed by atoms with van der Waals surface area (Å²) in [7, 11) is 1.71. The van der Waals surface area contributed by atoms with Gasteiger partial charge in [-0.25, -0.2) is 0 Å². The second-order valence-electron chi connectivity index (χ2n) is 4.58. The van der Waals surface area contributed by atoms with E-state index in [0.717, 1.165) is 48.1 Å². The summed E-state index contributed by atoms with van der Waals surface area (Å²) in [4.78, 5) is 0. The fourth-order valence-corrected chi connectivity index (χ4v) is 2.17. The number of benzene rings is 1. The molecule has 0 radical (unpaired) electrons. The van der Waals surface area contributed by atoms with E-state index < -0.39 is 0 Å². The maximum Gasteiger partial charge on any atom is 0.0587 e. The second-order valence-corrected chi connectivity index (χ2v) is 5.42. The molecule has 0 heterocycles. The van der Waals surface area contributed by atoms with Crippen LogP contribution in [0.1, 0.15) is 18.9 Å². The van der Waals surface area contributed by atoms with Gasteiger partial charge in [-0.1, -0.05) is 30.1 Å². The number of nitrogens with one attached hydrogen (secondary N) is 1. The average Bonchev–Trinajstić information content (AvgIpc) is 2.36. The van der Waals surface area contributed by atoms with Gasteiger partial charge >= 0.3 is 0 Å². The van der Waals surface area contributed by atoms with Crippen LogP contribution in [0.4, 0.5) is 0 Å². The minimum atomic E-state index is 0.608. The first-order valence-corrected chi connectivity index (χ1v) is 7.02. The number of hydrogen-bond acceptors (Lipinski definition) is 2. The molecule has 1 aromatic rings. The lowest BCUT2D eigenvalue weighted by atomic mass is 10.0. The van der Waals surface area contributed by atoms with Gasteiger partial charge in [0.25, 0.3) is 0 Å². The topological polar surface area (TPSA) is 21.3 Å². The number of hydrogen-bond donors (Lipinski definition) is 1. The summed E-state index contributed by atoms with van der Waals surface area (Å²) in [6.07, 6.45) is 2.06. The van der Waals surface area contributed by atoms with E-state index in [1.165, 1.54) is 0 Å². The van der Waals surface area contributed by atoms with Crippen LogP contribution >= 0.6 is 23.2 Å². The van der Waals surface area contributed by atoms with Crippen LogP contribution in [0, 0.1) is 5.92 Å². The van der Waals surface area contributed by atoms with Crippen LogP contribution in [-0.2, 0) is 11.2 Å². The molecule has 0 spiro atoms. The van der Waals surface area contributed by atoms with Gasteiger partial charge in [0.2, 0.25) is 0 Å². The highest BCUT2D eigenvalue weighted by Gasteiger charge is 2.06. The molecule has 0 bridgehead atoms. The molecule has 0 saturated carbocycles. The number of rotatable bonds is 8. The monoisotopic (exact) mass is 289 g/mol. The van der Waals surface area contributed by atoms with Crippen molar-refractivity contribution in [3.8, 4) is 0 Å². The smallest absolute Gasteiger partial charge is 0.0587 e. The largest absolute Gasteiger partial charge is 0.383 e. The minimum absolute atomic E-state index is 0.608. The van der Waals surface area contributed by atoms with Crippen LogP contribution in [0.15, 0.2) is 18.2 Å². The minimum Gasteiger partial charge on any atom is -0.383 e. The van der Waals surface area contributed by atoms with Gasteiger partial charge < -0.3 is 10.1 Å². The second kappa shape index (κ2) is 8.76. The molecule has 0 aromatic heterocycles. The molecule has 2 nitrogen and oxygen atoms in total. The molecule has 0 amide bonds. The van der Waals surface area contributed by atoms with Crippen molar-refractivity contribution in [3.05, 3.63) is 33.8 Å². The van der Waals surface area contributed by atoms with Crippen molar-refractivity contribution in [2.45, 2.75) is 19.8 Å². The van der Waals surface area contributed by atoms with Gasteiger partial charge in [-0.15, -0.1) is 0 Å². The maximum atomic E-state index is 6.13. The van der Waals surface area contributed by atoms with Crippen molar-refractivity contribution in [1.82, 2.24) is 5.32 Å². The van der Waals surface area contributed by atoms with E-state index in [1.807, 2.05) is 18.2 Å². The summed E-state index contributed by atoms with van der Waals surface area (Å²) in [6.45, 7) is 4.89. The number of methoxy groups -OCH3 is 1. The number of halogens is 2. The highest BCUT2D eigenvalue weighted by atomic mass is 35.5. The average molecular weight is 290 g/mol. The fraction of sp³-hybridized carbons (Fsp3) is 0.571. The lowest BCUT2D eigenvalue weighted by Gasteiger charge is -2.13. The van der Waals surface area contributed by atoms with Crippen LogP contribution in [0.2, 0.25) is 10.0 Å². The Bertz CT molecular complexity index is 358. The quantitative estimate of drug-likeness (QED) is 0.735. The Balaban J connectivity index is 2.29. The Kier molecular flexibility index (Phi) is 7.68. The van der Waals surface area contributed by atoms with Crippen molar-refractivity contribution < 1.29 is 4.74 Å². The third-order valence-electron chi connectivity index (χ3n) is 2.89. The van der Waals surface area contributed by atoms with Crippen LogP contribution in [-0.4, -0.2) is 26.8 Å². The molecule has 1 rings (SSSR count). The zero-order chi connectivity index (χ0) is 13.4. The van der Waals surface area contributed by atoms with Gasteiger partial charge in [0.1, 0.15) is 0 Å². The summed E-state index contributed by atoms with van der Waals surface area (Å²) in [5.41, 5.74) is 1.13. The molecule has 0 fully saturated rings. The Morgan fingerprint density at radius 3 is 2.83 bits per heavy atom. The molecule has 1 atom stereocenters. The van der Waals surface area contributed by atoms with Crippen LogP contribution in [0.5, 0.6) is 0 Å². The summed E-state index contributed by atoms with van der Waals surface area (Å²) >= 11 is 12.1. The Morgan fingerprint density at radius 1 is 1.33 bits per heavy atom. The van der Waals surface area contributed by atoms with E-state index in [9.17, 15) is 0 Å². The standard InChI is InChI=1S/C14H21Cl2NO/c1-11(10-17-7-8-18-2)3-4-12-9-13(15)5-6-14(12)16/h5-6,9,11,17H,3-4,7-8,10H2,1-2H3. The summed E-state index contributed by atoms with van der Waals surface area (Å²) < 4.78 is 4.99. The third-order valence-corrected chi connectivity index (χ3v) is 3.49. The van der Waals surface area contributed by atoms with Gasteiger partial charge in [0.15, 0.2) is 0 Å². The molecular weight excluding hydrogens is 269 g/mol. The summed E-state index contributed by atoms with van der Waals surface area (Å²) in [5, 5.41) is 4.92. The predicted molar refractivity (Wildman–Crippen MR) is 78.7 cm³/mol. The normalized spacial score (nSPS) is 12.7.